The van der Waals surface area contributed by atoms with E-state index in [1.807, 2.05) is 17.7 Å². The summed E-state index contributed by atoms with van der Waals surface area (Å²) in [6, 6.07) is 0.182. The van der Waals surface area contributed by atoms with Crippen LogP contribution < -0.4 is 0 Å². The highest BCUT2D eigenvalue weighted by atomic mass is 32.1. The van der Waals surface area contributed by atoms with Crippen LogP contribution in [0.1, 0.15) is 6.92 Å². The predicted molar refractivity (Wildman–Crippen MR) is 46.7 cm³/mol. The maximum absolute atomic E-state index is 4.48. The van der Waals surface area contributed by atoms with E-state index in [0.29, 0.717) is 0 Å². The first-order valence-corrected chi connectivity index (χ1v) is 3.76. The summed E-state index contributed by atoms with van der Waals surface area (Å²) in [6.45, 7) is 2.79. The quantitative estimate of drug-likeness (QED) is 0.503. The van der Waals surface area contributed by atoms with Crippen LogP contribution in [-0.2, 0) is 6.54 Å². The Hall–Kier alpha value is -0.990. The molecule has 0 spiro atoms. The molecule has 1 aromatic rings. The fourth-order valence-electron chi connectivity index (χ4n) is 0.831. The summed E-state index contributed by atoms with van der Waals surface area (Å²) in [5.74, 6) is 0. The van der Waals surface area contributed by atoms with Gasteiger partial charge in [-0.1, -0.05) is 0 Å². The van der Waals surface area contributed by atoms with Gasteiger partial charge < -0.3 is 4.57 Å². The van der Waals surface area contributed by atoms with Crippen molar-refractivity contribution < 1.29 is 0 Å². The molecule has 0 radical (unpaired) electrons. The van der Waals surface area contributed by atoms with Crippen molar-refractivity contribution in [2.75, 3.05) is 0 Å². The van der Waals surface area contributed by atoms with Gasteiger partial charge in [0, 0.05) is 18.9 Å². The lowest BCUT2D eigenvalue weighted by Crippen LogP contribution is -2.08. The number of rotatable bonds is 3. The molecule has 0 N–H and O–H groups in total. The summed E-state index contributed by atoms with van der Waals surface area (Å²) in [7, 11) is 0. The third kappa shape index (κ3) is 2.62. The van der Waals surface area contributed by atoms with E-state index in [1.165, 1.54) is 0 Å². The van der Waals surface area contributed by atoms with Crippen LogP contribution in [-0.4, -0.2) is 20.8 Å². The fraction of sp³-hybridized carbons (Fsp3) is 0.429. The van der Waals surface area contributed by atoms with E-state index in [4.69, 9.17) is 0 Å². The predicted octanol–water partition coefficient (Wildman–Crippen LogP) is 1.37. The van der Waals surface area contributed by atoms with Crippen molar-refractivity contribution in [3.05, 3.63) is 18.7 Å². The zero-order chi connectivity index (χ0) is 8.10. The first-order chi connectivity index (χ1) is 5.33. The molecule has 0 aliphatic carbocycles. The number of nitrogens with zero attached hydrogens (tertiary/aromatic N) is 3. The molecule has 0 fully saturated rings. The van der Waals surface area contributed by atoms with Crippen molar-refractivity contribution in [2.45, 2.75) is 19.5 Å². The SMILES string of the molecule is CC(Cn1ccnc1)N=C=S. The first kappa shape index (κ1) is 8.11. The summed E-state index contributed by atoms with van der Waals surface area (Å²) in [5, 5.41) is 2.35. The molecule has 0 amide bonds. The number of isothiocyanates is 1. The van der Waals surface area contributed by atoms with Crippen LogP contribution in [0.3, 0.4) is 0 Å². The molecule has 0 bridgehead atoms. The van der Waals surface area contributed by atoms with Crippen LogP contribution in [0, 0.1) is 0 Å². The van der Waals surface area contributed by atoms with E-state index in [0.717, 1.165) is 6.54 Å². The number of imidazole rings is 1. The average Bonchev–Trinajstić information content (AvgIpc) is 2.40. The highest BCUT2D eigenvalue weighted by Crippen LogP contribution is 1.94. The number of aliphatic imine (C=N–C) groups is 1. The Morgan fingerprint density at radius 1 is 1.82 bits per heavy atom. The van der Waals surface area contributed by atoms with Crippen LogP contribution in [0.5, 0.6) is 0 Å². The van der Waals surface area contributed by atoms with Gasteiger partial charge in [0.15, 0.2) is 0 Å². The van der Waals surface area contributed by atoms with E-state index in [1.54, 1.807) is 12.5 Å². The Balaban J connectivity index is 2.49. The van der Waals surface area contributed by atoms with Gasteiger partial charge in [-0.25, -0.2) is 9.98 Å². The largest absolute Gasteiger partial charge is 0.335 e. The van der Waals surface area contributed by atoms with Gasteiger partial charge >= 0.3 is 0 Å². The smallest absolute Gasteiger partial charge is 0.0946 e. The standard InChI is InChI=1S/C7H9N3S/c1-7(9-6-11)4-10-3-2-8-5-10/h2-3,5,7H,4H2,1H3. The lowest BCUT2D eigenvalue weighted by molar-refractivity contribution is 0.594. The second kappa shape index (κ2) is 4.01. The normalized spacial score (nSPS) is 12.1. The minimum Gasteiger partial charge on any atom is -0.335 e. The van der Waals surface area contributed by atoms with Crippen molar-refractivity contribution in [1.82, 2.24) is 9.55 Å². The minimum atomic E-state index is 0.182. The summed E-state index contributed by atoms with van der Waals surface area (Å²) >= 11 is 4.48. The molecule has 0 aliphatic heterocycles. The molecule has 1 heterocycles. The number of hydrogen-bond donors (Lipinski definition) is 0. The summed E-state index contributed by atoms with van der Waals surface area (Å²) < 4.78 is 1.96. The third-order valence-electron chi connectivity index (χ3n) is 1.31. The molecule has 0 saturated heterocycles. The van der Waals surface area contributed by atoms with E-state index < -0.39 is 0 Å². The highest BCUT2D eigenvalue weighted by molar-refractivity contribution is 7.78. The van der Waals surface area contributed by atoms with Crippen LogP contribution in [0.2, 0.25) is 0 Å². The zero-order valence-corrected chi connectivity index (χ0v) is 7.08. The average molecular weight is 167 g/mol. The molecule has 0 saturated carbocycles. The van der Waals surface area contributed by atoms with Gasteiger partial charge in [-0.3, -0.25) is 0 Å². The molecule has 3 nitrogen and oxygen atoms in total. The van der Waals surface area contributed by atoms with Gasteiger partial charge in [-0.2, -0.15) is 0 Å². The van der Waals surface area contributed by atoms with Crippen molar-refractivity contribution >= 4 is 17.4 Å². The van der Waals surface area contributed by atoms with Crippen LogP contribution in [0.25, 0.3) is 0 Å². The molecule has 1 atom stereocenters. The Kier molecular flexibility index (Phi) is 2.95. The van der Waals surface area contributed by atoms with Crippen molar-refractivity contribution in [1.29, 1.82) is 0 Å². The van der Waals surface area contributed by atoms with E-state index >= 15 is 0 Å². The second-order valence-corrected chi connectivity index (χ2v) is 2.51. The fourth-order valence-corrected chi connectivity index (χ4v) is 1.01. The van der Waals surface area contributed by atoms with Gasteiger partial charge in [0.05, 0.1) is 17.5 Å². The van der Waals surface area contributed by atoms with E-state index in [-0.39, 0.29) is 6.04 Å². The topological polar surface area (TPSA) is 30.2 Å². The molecule has 1 rings (SSSR count). The first-order valence-electron chi connectivity index (χ1n) is 3.35. The van der Waals surface area contributed by atoms with Crippen LogP contribution >= 0.6 is 12.2 Å². The lowest BCUT2D eigenvalue weighted by Gasteiger charge is -2.03. The van der Waals surface area contributed by atoms with Crippen molar-refractivity contribution in [3.8, 4) is 0 Å². The second-order valence-electron chi connectivity index (χ2n) is 2.33. The van der Waals surface area contributed by atoms with Gasteiger partial charge in [-0.15, -0.1) is 0 Å². The van der Waals surface area contributed by atoms with Gasteiger partial charge in [0.25, 0.3) is 0 Å². The molecule has 0 aromatic carbocycles. The van der Waals surface area contributed by atoms with Crippen molar-refractivity contribution in [3.63, 3.8) is 0 Å². The Morgan fingerprint density at radius 2 is 2.64 bits per heavy atom. The van der Waals surface area contributed by atoms with E-state index in [2.05, 4.69) is 27.4 Å². The maximum atomic E-state index is 4.48. The highest BCUT2D eigenvalue weighted by Gasteiger charge is 1.97. The Morgan fingerprint density at radius 3 is 3.18 bits per heavy atom. The number of thiocarbonyl (C=S) groups is 1. The Bertz CT molecular complexity index is 249. The lowest BCUT2D eigenvalue weighted by atomic mass is 10.3. The minimum absolute atomic E-state index is 0.182. The monoisotopic (exact) mass is 167 g/mol. The molecule has 1 unspecified atom stereocenters. The molecule has 11 heavy (non-hydrogen) atoms. The Labute approximate surface area is 70.8 Å². The van der Waals surface area contributed by atoms with E-state index in [9.17, 15) is 0 Å². The van der Waals surface area contributed by atoms with Crippen LogP contribution in [0.15, 0.2) is 23.7 Å². The summed E-state index contributed by atoms with van der Waals surface area (Å²) in [5.41, 5.74) is 0. The number of hydrogen-bond acceptors (Lipinski definition) is 3. The molecule has 4 heteroatoms. The molecule has 58 valence electrons. The molecule has 0 aliphatic rings. The zero-order valence-electron chi connectivity index (χ0n) is 6.27. The van der Waals surface area contributed by atoms with Crippen LogP contribution in [0.4, 0.5) is 0 Å². The summed E-state index contributed by atoms with van der Waals surface area (Å²) in [4.78, 5) is 7.83. The molecular formula is C7H9N3S. The maximum Gasteiger partial charge on any atom is 0.0946 e. The third-order valence-corrected chi connectivity index (χ3v) is 1.41. The summed E-state index contributed by atoms with van der Waals surface area (Å²) in [6.07, 6.45) is 5.40. The molecule has 1 aromatic heterocycles. The van der Waals surface area contributed by atoms with Gasteiger partial charge in [-0.05, 0) is 19.1 Å². The molecular weight excluding hydrogens is 158 g/mol. The van der Waals surface area contributed by atoms with Gasteiger partial charge in [0.2, 0.25) is 0 Å². The van der Waals surface area contributed by atoms with Gasteiger partial charge in [0.1, 0.15) is 0 Å². The number of aromatic nitrogens is 2. The van der Waals surface area contributed by atoms with Crippen molar-refractivity contribution in [2.24, 2.45) is 4.99 Å².